The van der Waals surface area contributed by atoms with E-state index in [1.165, 1.54) is 35.4 Å². The SMILES string of the molecule is CCCC(=O)OC1CN=C(c2cc3cccc(N(C)S(=O)(=O)c4ccccn4)c3[nH]2)S1. The molecule has 0 bridgehead atoms. The van der Waals surface area contributed by atoms with E-state index in [1.807, 2.05) is 19.1 Å². The van der Waals surface area contributed by atoms with Gasteiger partial charge in [-0.1, -0.05) is 36.9 Å². The number of carbonyl (C=O) groups excluding carboxylic acids is 1. The van der Waals surface area contributed by atoms with Crippen LogP contribution in [0.15, 0.2) is 58.7 Å². The molecule has 2 aromatic heterocycles. The Morgan fingerprint density at radius 3 is 2.87 bits per heavy atom. The number of esters is 1. The summed E-state index contributed by atoms with van der Waals surface area (Å²) in [6.07, 6.45) is 2.58. The molecule has 0 amide bonds. The van der Waals surface area contributed by atoms with Crippen molar-refractivity contribution in [1.29, 1.82) is 0 Å². The third kappa shape index (κ3) is 4.31. The molecule has 1 aliphatic heterocycles. The number of aromatic nitrogens is 2. The lowest BCUT2D eigenvalue weighted by molar-refractivity contribution is -0.144. The van der Waals surface area contributed by atoms with Gasteiger partial charge in [-0.25, -0.2) is 4.98 Å². The van der Waals surface area contributed by atoms with Gasteiger partial charge in [-0.15, -0.1) is 0 Å². The molecule has 4 rings (SSSR count). The number of aromatic amines is 1. The lowest BCUT2D eigenvalue weighted by atomic mass is 10.2. The number of carbonyl (C=O) groups is 1. The summed E-state index contributed by atoms with van der Waals surface area (Å²) in [4.78, 5) is 23.5. The van der Waals surface area contributed by atoms with E-state index in [-0.39, 0.29) is 16.4 Å². The molecular formula is C21H22N4O4S2. The monoisotopic (exact) mass is 458 g/mol. The maximum atomic E-state index is 13.0. The largest absolute Gasteiger partial charge is 0.449 e. The predicted molar refractivity (Wildman–Crippen MR) is 122 cm³/mol. The van der Waals surface area contributed by atoms with Gasteiger partial charge >= 0.3 is 5.97 Å². The Hall–Kier alpha value is -2.85. The van der Waals surface area contributed by atoms with Crippen LogP contribution in [0.3, 0.4) is 0 Å². The van der Waals surface area contributed by atoms with Crippen molar-refractivity contribution in [1.82, 2.24) is 9.97 Å². The first-order chi connectivity index (χ1) is 14.9. The van der Waals surface area contributed by atoms with Crippen LogP contribution in [-0.2, 0) is 19.6 Å². The fraction of sp³-hybridized carbons (Fsp3) is 0.286. The molecule has 8 nitrogen and oxygen atoms in total. The van der Waals surface area contributed by atoms with E-state index < -0.39 is 10.0 Å². The number of anilines is 1. The van der Waals surface area contributed by atoms with E-state index in [2.05, 4.69) is 15.0 Å². The molecular weight excluding hydrogens is 436 g/mol. The number of H-pyrrole nitrogens is 1. The number of nitrogens with one attached hydrogen (secondary N) is 1. The molecule has 0 spiro atoms. The minimum Gasteiger partial charge on any atom is -0.449 e. The Morgan fingerprint density at radius 1 is 1.29 bits per heavy atom. The van der Waals surface area contributed by atoms with Crippen LogP contribution >= 0.6 is 11.8 Å². The fourth-order valence-corrected chi connectivity index (χ4v) is 5.34. The lowest BCUT2D eigenvalue weighted by Gasteiger charge is -2.19. The van der Waals surface area contributed by atoms with Gasteiger partial charge in [0.1, 0.15) is 5.04 Å². The normalized spacial score (nSPS) is 16.3. The first kappa shape index (κ1) is 21.4. The van der Waals surface area contributed by atoms with Crippen LogP contribution in [0, 0.1) is 0 Å². The third-order valence-corrected chi connectivity index (χ3v) is 7.58. The number of aliphatic imine (C=N–C) groups is 1. The Balaban J connectivity index is 1.60. The number of thioether (sulfide) groups is 1. The summed E-state index contributed by atoms with van der Waals surface area (Å²) in [5.41, 5.74) is 1.59. The van der Waals surface area contributed by atoms with Gasteiger partial charge in [-0.2, -0.15) is 8.42 Å². The molecule has 162 valence electrons. The van der Waals surface area contributed by atoms with Crippen LogP contribution in [0.4, 0.5) is 5.69 Å². The highest BCUT2D eigenvalue weighted by atomic mass is 32.2. The number of para-hydroxylation sites is 1. The second kappa shape index (κ2) is 8.72. The van der Waals surface area contributed by atoms with E-state index in [4.69, 9.17) is 4.74 Å². The summed E-state index contributed by atoms with van der Waals surface area (Å²) in [6.45, 7) is 2.32. The Morgan fingerprint density at radius 2 is 2.13 bits per heavy atom. The van der Waals surface area contributed by atoms with Crippen molar-refractivity contribution in [3.05, 3.63) is 54.4 Å². The average Bonchev–Trinajstić information content (AvgIpc) is 3.40. The average molecular weight is 459 g/mol. The number of hydrogen-bond donors (Lipinski definition) is 1. The third-order valence-electron chi connectivity index (χ3n) is 4.81. The van der Waals surface area contributed by atoms with Crippen molar-refractivity contribution in [2.45, 2.75) is 30.2 Å². The van der Waals surface area contributed by atoms with Crippen LogP contribution in [0.25, 0.3) is 10.9 Å². The standard InChI is InChI=1S/C21H22N4O4S2/c1-3-7-18(26)29-19-13-23-21(30-19)15-12-14-8-6-9-16(20(14)24-15)25(2)31(27,28)17-10-4-5-11-22-17/h4-6,8-12,19,24H,3,7,13H2,1-2H3. The molecule has 1 aliphatic rings. The maximum absolute atomic E-state index is 13.0. The van der Waals surface area contributed by atoms with Crippen molar-refractivity contribution in [2.75, 3.05) is 17.9 Å². The second-order valence-corrected chi connectivity index (χ2v) is 10.1. The highest BCUT2D eigenvalue weighted by Crippen LogP contribution is 2.33. The van der Waals surface area contributed by atoms with Crippen molar-refractivity contribution in [3.8, 4) is 0 Å². The predicted octanol–water partition coefficient (Wildman–Crippen LogP) is 3.55. The molecule has 10 heteroatoms. The molecule has 0 aliphatic carbocycles. The summed E-state index contributed by atoms with van der Waals surface area (Å²) in [6, 6.07) is 12.1. The molecule has 0 fully saturated rings. The Bertz CT molecular complexity index is 1240. The quantitative estimate of drug-likeness (QED) is 0.543. The van der Waals surface area contributed by atoms with Crippen LogP contribution in [-0.4, -0.2) is 48.4 Å². The van der Waals surface area contributed by atoms with Crippen LogP contribution in [0.5, 0.6) is 0 Å². The number of rotatable bonds is 7. The minimum atomic E-state index is -3.81. The highest BCUT2D eigenvalue weighted by Gasteiger charge is 2.27. The lowest BCUT2D eigenvalue weighted by Crippen LogP contribution is -2.27. The molecule has 31 heavy (non-hydrogen) atoms. The van der Waals surface area contributed by atoms with E-state index in [0.29, 0.717) is 24.2 Å². The molecule has 3 heterocycles. The molecule has 1 aromatic carbocycles. The highest BCUT2D eigenvalue weighted by molar-refractivity contribution is 8.15. The number of hydrogen-bond acceptors (Lipinski definition) is 7. The Kier molecular flexibility index (Phi) is 6.01. The molecule has 1 unspecified atom stereocenters. The zero-order valence-corrected chi connectivity index (χ0v) is 18.7. The van der Waals surface area contributed by atoms with Gasteiger partial charge in [-0.05, 0) is 30.7 Å². The van der Waals surface area contributed by atoms with Crippen molar-refractivity contribution < 1.29 is 17.9 Å². The number of nitrogens with zero attached hydrogens (tertiary/aromatic N) is 3. The van der Waals surface area contributed by atoms with Crippen molar-refractivity contribution in [3.63, 3.8) is 0 Å². The first-order valence-electron chi connectivity index (χ1n) is 9.83. The van der Waals surface area contributed by atoms with E-state index >= 15 is 0 Å². The zero-order valence-electron chi connectivity index (χ0n) is 17.1. The summed E-state index contributed by atoms with van der Waals surface area (Å²) >= 11 is 1.38. The van der Waals surface area contributed by atoms with Gasteiger partial charge in [0, 0.05) is 25.1 Å². The molecule has 1 N–H and O–H groups in total. The first-order valence-corrected chi connectivity index (χ1v) is 12.1. The molecule has 1 atom stereocenters. The number of sulfonamides is 1. The number of ether oxygens (including phenoxy) is 1. The van der Waals surface area contributed by atoms with Gasteiger partial charge in [0.05, 0.1) is 23.4 Å². The smallest absolute Gasteiger partial charge is 0.306 e. The minimum absolute atomic E-state index is 0.0197. The molecule has 0 saturated carbocycles. The number of pyridine rings is 1. The van der Waals surface area contributed by atoms with Gasteiger partial charge in [-0.3, -0.25) is 14.1 Å². The van der Waals surface area contributed by atoms with Gasteiger partial charge in [0.15, 0.2) is 10.5 Å². The molecule has 3 aromatic rings. The summed E-state index contributed by atoms with van der Waals surface area (Å²) in [7, 11) is -2.31. The summed E-state index contributed by atoms with van der Waals surface area (Å²) in [5.74, 6) is -0.225. The van der Waals surface area contributed by atoms with Crippen LogP contribution in [0.2, 0.25) is 0 Å². The van der Waals surface area contributed by atoms with Gasteiger partial charge in [0.2, 0.25) is 0 Å². The van der Waals surface area contributed by atoms with Gasteiger partial charge < -0.3 is 9.72 Å². The molecule has 0 radical (unpaired) electrons. The van der Waals surface area contributed by atoms with E-state index in [0.717, 1.165) is 22.5 Å². The zero-order chi connectivity index (χ0) is 22.0. The van der Waals surface area contributed by atoms with Crippen molar-refractivity contribution >= 4 is 49.4 Å². The fourth-order valence-electron chi connectivity index (χ4n) is 3.26. The Labute approximate surface area is 184 Å². The maximum Gasteiger partial charge on any atom is 0.306 e. The van der Waals surface area contributed by atoms with E-state index in [9.17, 15) is 13.2 Å². The summed E-state index contributed by atoms with van der Waals surface area (Å²) < 4.78 is 32.7. The number of fused-ring (bicyclic) bond motifs is 1. The van der Waals surface area contributed by atoms with Crippen LogP contribution < -0.4 is 4.31 Å². The van der Waals surface area contributed by atoms with E-state index in [1.54, 1.807) is 24.3 Å². The van der Waals surface area contributed by atoms with Crippen molar-refractivity contribution in [2.24, 2.45) is 4.99 Å². The molecule has 0 saturated heterocycles. The number of benzene rings is 1. The second-order valence-electron chi connectivity index (χ2n) is 7.00. The topological polar surface area (TPSA) is 105 Å². The van der Waals surface area contributed by atoms with Crippen LogP contribution in [0.1, 0.15) is 25.5 Å². The summed E-state index contributed by atoms with van der Waals surface area (Å²) in [5, 5.41) is 1.56. The van der Waals surface area contributed by atoms with Gasteiger partial charge in [0.25, 0.3) is 10.0 Å².